The van der Waals surface area contributed by atoms with Crippen molar-refractivity contribution in [2.75, 3.05) is 0 Å². The van der Waals surface area contributed by atoms with Crippen LogP contribution < -0.4 is 0 Å². The molecule has 0 saturated heterocycles. The Labute approximate surface area is 330 Å². The number of rotatable bonds is 8. The molecule has 5 aliphatic rings. The average molecular weight is 778 g/mol. The molecular weight excluding hydrogens is 718 g/mol. The van der Waals surface area contributed by atoms with E-state index in [0.29, 0.717) is 40.8 Å². The number of carboxylic acid groups (broad SMARTS) is 1. The van der Waals surface area contributed by atoms with Gasteiger partial charge >= 0.3 is 11.9 Å². The quantitative estimate of drug-likeness (QED) is 0.250. The molecule has 300 valence electrons. The summed E-state index contributed by atoms with van der Waals surface area (Å²) in [6.07, 6.45) is 9.08. The number of allylic oxidation sites excluding steroid dienone is 1. The molecule has 0 aliphatic heterocycles. The molecule has 11 nitrogen and oxygen atoms in total. The van der Waals surface area contributed by atoms with Crippen LogP contribution in [0.25, 0.3) is 11.6 Å². The van der Waals surface area contributed by atoms with Crippen molar-refractivity contribution in [1.82, 2.24) is 24.7 Å². The highest BCUT2D eigenvalue weighted by Crippen LogP contribution is 2.77. The first kappa shape index (κ1) is 40.0. The van der Waals surface area contributed by atoms with Crippen LogP contribution in [0.15, 0.2) is 23.5 Å². The highest BCUT2D eigenvalue weighted by molar-refractivity contribution is 6.30. The summed E-state index contributed by atoms with van der Waals surface area (Å²) < 4.78 is 7.93. The fraction of sp³-hybridized carbons (Fsp3) is 0.744. The molecule has 2 N–H and O–H groups in total. The van der Waals surface area contributed by atoms with Crippen molar-refractivity contribution >= 4 is 29.3 Å². The van der Waals surface area contributed by atoms with Crippen LogP contribution in [0.4, 0.5) is 0 Å². The molecule has 55 heavy (non-hydrogen) atoms. The zero-order valence-electron chi connectivity index (χ0n) is 34.3. The minimum absolute atomic E-state index is 0.0152. The van der Waals surface area contributed by atoms with E-state index < -0.39 is 28.9 Å². The van der Waals surface area contributed by atoms with Crippen molar-refractivity contribution in [3.8, 4) is 11.6 Å². The second-order valence-corrected chi connectivity index (χ2v) is 20.6. The first-order valence-corrected chi connectivity index (χ1v) is 20.7. The Balaban J connectivity index is 1.21. The van der Waals surface area contributed by atoms with E-state index in [1.54, 1.807) is 18.4 Å². The Bertz CT molecular complexity index is 1940. The third-order valence-corrected chi connectivity index (χ3v) is 16.6. The Morgan fingerprint density at radius 2 is 1.64 bits per heavy atom. The zero-order chi connectivity index (χ0) is 40.3. The van der Waals surface area contributed by atoms with Crippen molar-refractivity contribution in [3.63, 3.8) is 0 Å². The predicted octanol–water partition coefficient (Wildman–Crippen LogP) is 8.35. The number of ether oxygens (including phenoxy) is 1. The molecule has 0 amide bonds. The Morgan fingerprint density at radius 3 is 2.27 bits per heavy atom. The standard InChI is InChI=1S/C43H60ClN5O6/c1-23(2)31-26(50)19-43(33(52)35-47-48-36(49(35)10)34-45-21-24(44)22-46-34)18-17-41(8)25(32(31)43)11-12-28-40(7)15-14-29(55-30(51)20-38(3,4)37(53)54)39(5,6)27(40)13-16-42(28,41)9/h21-23,25,27-29,33,52H,11-20H2,1-10H3,(H,53,54)/t25-,27+,28-,29+,33+,40+,41-,42-,43-/m1/s1. The largest absolute Gasteiger partial charge is 0.481 e. The van der Waals surface area contributed by atoms with Gasteiger partial charge in [-0.25, -0.2) is 9.97 Å². The summed E-state index contributed by atoms with van der Waals surface area (Å²) in [5, 5.41) is 31.5. The number of halogens is 1. The number of aliphatic carboxylic acids is 1. The Hall–Kier alpha value is -3.18. The number of fused-ring (bicyclic) bond motifs is 7. The summed E-state index contributed by atoms with van der Waals surface area (Å²) in [5.74, 6) is 0.813. The van der Waals surface area contributed by atoms with E-state index in [0.717, 1.165) is 56.1 Å². The number of aromatic nitrogens is 5. The van der Waals surface area contributed by atoms with Gasteiger partial charge in [-0.1, -0.05) is 60.1 Å². The SMILES string of the molecule is CC(C)C1=C2[C@H]3CC[C@@H]4[C@@]5(C)CC[C@H](OC(=O)CC(C)(C)C(=O)O)C(C)(C)[C@@H]5CC[C@@]4(C)[C@]3(C)CC[C@@]2([C@@H](O)c2nnc(-c3ncc(Cl)cn3)n2C)CC1=O. The van der Waals surface area contributed by atoms with Crippen LogP contribution >= 0.6 is 11.6 Å². The molecule has 0 aromatic carbocycles. The van der Waals surface area contributed by atoms with Gasteiger partial charge in [0.05, 0.1) is 16.9 Å². The summed E-state index contributed by atoms with van der Waals surface area (Å²) in [6.45, 7) is 19.4. The molecule has 5 aliphatic carbocycles. The van der Waals surface area contributed by atoms with Crippen LogP contribution in [0, 0.1) is 56.2 Å². The highest BCUT2D eigenvalue weighted by atomic mass is 35.5. The minimum Gasteiger partial charge on any atom is -0.481 e. The first-order valence-electron chi connectivity index (χ1n) is 20.3. The number of hydrogen-bond donors (Lipinski definition) is 2. The van der Waals surface area contributed by atoms with E-state index >= 15 is 0 Å². The highest BCUT2D eigenvalue weighted by Gasteiger charge is 2.71. The van der Waals surface area contributed by atoms with Gasteiger partial charge in [0.15, 0.2) is 17.4 Å². The lowest BCUT2D eigenvalue weighted by molar-refractivity contribution is -0.235. The van der Waals surface area contributed by atoms with Crippen LogP contribution in [-0.4, -0.2) is 58.8 Å². The monoisotopic (exact) mass is 777 g/mol. The number of ketones is 1. The molecule has 12 heteroatoms. The van der Waals surface area contributed by atoms with Crippen molar-refractivity contribution in [2.24, 2.45) is 63.2 Å². The number of esters is 1. The summed E-state index contributed by atoms with van der Waals surface area (Å²) >= 11 is 6.05. The van der Waals surface area contributed by atoms with Gasteiger partial charge in [0, 0.05) is 36.7 Å². The van der Waals surface area contributed by atoms with Gasteiger partial charge in [-0.3, -0.25) is 14.4 Å². The first-order chi connectivity index (χ1) is 25.5. The molecule has 7 rings (SSSR count). The number of carbonyl (C=O) groups excluding carboxylic acids is 2. The van der Waals surface area contributed by atoms with E-state index in [4.69, 9.17) is 16.3 Å². The maximum absolute atomic E-state index is 14.2. The molecule has 0 radical (unpaired) electrons. The number of aliphatic hydroxyl groups is 1. The van der Waals surface area contributed by atoms with E-state index in [9.17, 15) is 24.6 Å². The third kappa shape index (κ3) is 5.78. The molecule has 2 heterocycles. The molecule has 4 fully saturated rings. The van der Waals surface area contributed by atoms with Gasteiger partial charge in [0.25, 0.3) is 0 Å². The second-order valence-electron chi connectivity index (χ2n) is 20.1. The molecule has 0 spiro atoms. The van der Waals surface area contributed by atoms with E-state index in [1.165, 1.54) is 12.4 Å². The molecular formula is C43H60ClN5O6. The van der Waals surface area contributed by atoms with Crippen molar-refractivity contribution in [2.45, 2.75) is 139 Å². The number of carbonyl (C=O) groups is 3. The van der Waals surface area contributed by atoms with Gasteiger partial charge in [-0.05, 0) is 116 Å². The van der Waals surface area contributed by atoms with Crippen LogP contribution in [-0.2, 0) is 26.2 Å². The summed E-state index contributed by atoms with van der Waals surface area (Å²) in [5.41, 5.74) is -0.290. The summed E-state index contributed by atoms with van der Waals surface area (Å²) in [6, 6.07) is 0. The lowest BCUT2D eigenvalue weighted by Crippen LogP contribution is -2.66. The summed E-state index contributed by atoms with van der Waals surface area (Å²) in [4.78, 5) is 47.8. The van der Waals surface area contributed by atoms with Crippen LogP contribution in [0.3, 0.4) is 0 Å². The van der Waals surface area contributed by atoms with Crippen LogP contribution in [0.5, 0.6) is 0 Å². The maximum Gasteiger partial charge on any atom is 0.309 e. The van der Waals surface area contributed by atoms with Gasteiger partial charge in [0.2, 0.25) is 5.82 Å². The number of aliphatic hydroxyl groups excluding tert-OH is 1. The maximum atomic E-state index is 14.2. The predicted molar refractivity (Wildman–Crippen MR) is 207 cm³/mol. The lowest BCUT2D eigenvalue weighted by atomic mass is 9.33. The van der Waals surface area contributed by atoms with Gasteiger partial charge in [-0.2, -0.15) is 0 Å². The van der Waals surface area contributed by atoms with Crippen molar-refractivity contribution in [1.29, 1.82) is 0 Å². The second kappa shape index (κ2) is 13.2. The molecule has 2 aromatic rings. The fourth-order valence-corrected chi connectivity index (χ4v) is 13.4. The van der Waals surface area contributed by atoms with Gasteiger partial charge in [-0.15, -0.1) is 10.2 Å². The normalized spacial score (nSPS) is 36.1. The summed E-state index contributed by atoms with van der Waals surface area (Å²) in [7, 11) is 1.82. The van der Waals surface area contributed by atoms with E-state index in [-0.39, 0.29) is 58.2 Å². The zero-order valence-corrected chi connectivity index (χ0v) is 35.1. The number of nitrogens with zero attached hydrogens (tertiary/aromatic N) is 5. The van der Waals surface area contributed by atoms with E-state index in [1.807, 2.05) is 7.05 Å². The topological polar surface area (TPSA) is 157 Å². The van der Waals surface area contributed by atoms with Crippen molar-refractivity contribution in [3.05, 3.63) is 34.4 Å². The number of hydrogen-bond acceptors (Lipinski definition) is 9. The molecule has 4 saturated carbocycles. The Morgan fingerprint density at radius 1 is 0.964 bits per heavy atom. The molecule has 0 bridgehead atoms. The molecule has 0 unspecified atom stereocenters. The minimum atomic E-state index is -1.18. The lowest BCUT2D eigenvalue weighted by Gasteiger charge is -2.72. The third-order valence-electron chi connectivity index (χ3n) is 16.4. The van der Waals surface area contributed by atoms with Gasteiger partial charge < -0.3 is 19.5 Å². The molecule has 9 atom stereocenters. The Kier molecular flexibility index (Phi) is 9.59. The van der Waals surface area contributed by atoms with Crippen molar-refractivity contribution < 1.29 is 29.3 Å². The van der Waals surface area contributed by atoms with Gasteiger partial charge in [0.1, 0.15) is 12.2 Å². The smallest absolute Gasteiger partial charge is 0.309 e. The average Bonchev–Trinajstić information content (AvgIpc) is 3.63. The van der Waals surface area contributed by atoms with Crippen LogP contribution in [0.1, 0.15) is 138 Å². The number of Topliss-reactive ketones (excluding diaryl/α,β-unsaturated/α-hetero) is 1. The van der Waals surface area contributed by atoms with Crippen LogP contribution in [0.2, 0.25) is 5.02 Å². The van der Waals surface area contributed by atoms with E-state index in [2.05, 4.69) is 68.6 Å². The molecule has 2 aromatic heterocycles. The number of carboxylic acids is 1. The fourth-order valence-electron chi connectivity index (χ4n) is 13.3.